The van der Waals surface area contributed by atoms with E-state index in [-0.39, 0.29) is 42.4 Å². The van der Waals surface area contributed by atoms with Crippen LogP contribution in [0.2, 0.25) is 0 Å². The van der Waals surface area contributed by atoms with E-state index in [4.69, 9.17) is 10.00 Å². The van der Waals surface area contributed by atoms with E-state index in [1.54, 1.807) is 6.07 Å². The third-order valence-electron chi connectivity index (χ3n) is 3.44. The normalized spacial score (nSPS) is 16.0. The third-order valence-corrected chi connectivity index (χ3v) is 3.44. The molecule has 0 aromatic heterocycles. The molecular formula is C14H20Cl2FN3O. The Morgan fingerprint density at radius 2 is 2.05 bits per heavy atom. The van der Waals surface area contributed by atoms with Crippen LogP contribution in [0.5, 0.6) is 5.75 Å². The number of nitrogens with one attached hydrogen (secondary N) is 1. The Kier molecular flexibility index (Phi) is 9.31. The molecule has 1 aliphatic heterocycles. The van der Waals surface area contributed by atoms with Gasteiger partial charge in [-0.2, -0.15) is 5.26 Å². The minimum absolute atomic E-state index is 0. The molecule has 1 saturated heterocycles. The van der Waals surface area contributed by atoms with E-state index in [9.17, 15) is 4.39 Å². The number of rotatable bonds is 4. The molecule has 1 N–H and O–H groups in total. The van der Waals surface area contributed by atoms with Crippen molar-refractivity contribution in [3.8, 4) is 11.8 Å². The summed E-state index contributed by atoms with van der Waals surface area (Å²) in [5, 5.41) is 12.3. The Morgan fingerprint density at radius 3 is 2.57 bits per heavy atom. The van der Waals surface area contributed by atoms with Crippen molar-refractivity contribution >= 4 is 24.8 Å². The van der Waals surface area contributed by atoms with Crippen LogP contribution in [0.1, 0.15) is 18.0 Å². The average Bonchev–Trinajstić information content (AvgIpc) is 2.45. The minimum Gasteiger partial charge on any atom is -0.494 e. The number of halogens is 3. The monoisotopic (exact) mass is 335 g/mol. The lowest BCUT2D eigenvalue weighted by Gasteiger charge is -2.34. The molecule has 118 valence electrons. The van der Waals surface area contributed by atoms with Gasteiger partial charge >= 0.3 is 0 Å². The molecule has 1 aromatic rings. The second-order valence-electron chi connectivity index (χ2n) is 4.56. The molecule has 1 fully saturated rings. The van der Waals surface area contributed by atoms with Gasteiger partial charge in [0.1, 0.15) is 0 Å². The smallest absolute Gasteiger partial charge is 0.165 e. The lowest BCUT2D eigenvalue weighted by atomic mass is 10.0. The Morgan fingerprint density at radius 1 is 1.38 bits per heavy atom. The molecule has 0 amide bonds. The third kappa shape index (κ3) is 5.01. The molecule has 21 heavy (non-hydrogen) atoms. The van der Waals surface area contributed by atoms with Crippen LogP contribution in [-0.2, 0) is 0 Å². The second-order valence-corrected chi connectivity index (χ2v) is 4.56. The number of methoxy groups -OCH3 is 1. The molecule has 0 saturated carbocycles. The first-order chi connectivity index (χ1) is 9.26. The first-order valence-electron chi connectivity index (χ1n) is 6.41. The van der Waals surface area contributed by atoms with Crippen molar-refractivity contribution < 1.29 is 9.13 Å². The molecule has 1 heterocycles. The van der Waals surface area contributed by atoms with Crippen LogP contribution in [0.3, 0.4) is 0 Å². The van der Waals surface area contributed by atoms with Gasteiger partial charge in [-0.15, -0.1) is 24.8 Å². The Balaban J connectivity index is 0.00000200. The highest BCUT2D eigenvalue weighted by atomic mass is 35.5. The quantitative estimate of drug-likeness (QED) is 0.918. The van der Waals surface area contributed by atoms with Gasteiger partial charge in [0.05, 0.1) is 19.6 Å². The van der Waals surface area contributed by atoms with Gasteiger partial charge < -0.3 is 10.1 Å². The average molecular weight is 336 g/mol. The Bertz CT molecular complexity index is 476. The van der Waals surface area contributed by atoms with E-state index in [0.29, 0.717) is 6.42 Å². The molecule has 0 aliphatic carbocycles. The zero-order valence-corrected chi connectivity index (χ0v) is 13.5. The van der Waals surface area contributed by atoms with Gasteiger partial charge in [-0.3, -0.25) is 4.90 Å². The minimum atomic E-state index is -0.377. The van der Waals surface area contributed by atoms with Crippen molar-refractivity contribution in [1.29, 1.82) is 5.26 Å². The predicted molar refractivity (Wildman–Crippen MR) is 84.9 cm³/mol. The molecule has 0 bridgehead atoms. The van der Waals surface area contributed by atoms with Crippen LogP contribution >= 0.6 is 24.8 Å². The Labute approximate surface area is 137 Å². The van der Waals surface area contributed by atoms with Crippen molar-refractivity contribution in [2.75, 3.05) is 33.3 Å². The van der Waals surface area contributed by atoms with Crippen molar-refractivity contribution in [2.45, 2.75) is 12.5 Å². The maximum atomic E-state index is 13.8. The molecule has 1 aliphatic rings. The van der Waals surface area contributed by atoms with Gasteiger partial charge in [-0.1, -0.05) is 6.07 Å². The van der Waals surface area contributed by atoms with Crippen LogP contribution < -0.4 is 10.1 Å². The lowest BCUT2D eigenvalue weighted by molar-refractivity contribution is 0.175. The van der Waals surface area contributed by atoms with E-state index in [2.05, 4.69) is 16.3 Å². The highest BCUT2D eigenvalue weighted by Crippen LogP contribution is 2.28. The molecule has 0 radical (unpaired) electrons. The number of ether oxygens (including phenoxy) is 1. The van der Waals surface area contributed by atoms with Gasteiger partial charge in [0.25, 0.3) is 0 Å². The van der Waals surface area contributed by atoms with Gasteiger partial charge in [-0.25, -0.2) is 4.39 Å². The van der Waals surface area contributed by atoms with Crippen LogP contribution in [0.25, 0.3) is 0 Å². The molecule has 7 heteroatoms. The summed E-state index contributed by atoms with van der Waals surface area (Å²) in [6, 6.07) is 7.08. The highest BCUT2D eigenvalue weighted by molar-refractivity contribution is 5.85. The second kappa shape index (κ2) is 9.80. The fourth-order valence-electron chi connectivity index (χ4n) is 2.43. The highest BCUT2D eigenvalue weighted by Gasteiger charge is 2.22. The fourth-order valence-corrected chi connectivity index (χ4v) is 2.43. The van der Waals surface area contributed by atoms with Crippen molar-refractivity contribution in [3.63, 3.8) is 0 Å². The summed E-state index contributed by atoms with van der Waals surface area (Å²) in [6.45, 7) is 3.56. The molecule has 0 unspecified atom stereocenters. The summed E-state index contributed by atoms with van der Waals surface area (Å²) in [7, 11) is 1.45. The van der Waals surface area contributed by atoms with E-state index in [1.165, 1.54) is 13.2 Å². The van der Waals surface area contributed by atoms with Crippen molar-refractivity contribution in [2.24, 2.45) is 0 Å². The number of nitrogens with zero attached hydrogens (tertiary/aromatic N) is 2. The topological polar surface area (TPSA) is 48.3 Å². The van der Waals surface area contributed by atoms with Crippen LogP contribution in [0.15, 0.2) is 18.2 Å². The zero-order valence-electron chi connectivity index (χ0n) is 11.8. The summed E-state index contributed by atoms with van der Waals surface area (Å²) >= 11 is 0. The zero-order chi connectivity index (χ0) is 13.7. The van der Waals surface area contributed by atoms with Crippen molar-refractivity contribution in [1.82, 2.24) is 10.2 Å². The van der Waals surface area contributed by atoms with E-state index in [0.717, 1.165) is 31.7 Å². The summed E-state index contributed by atoms with van der Waals surface area (Å²) in [5.41, 5.74) is 0.835. The van der Waals surface area contributed by atoms with Crippen molar-refractivity contribution in [3.05, 3.63) is 29.6 Å². The van der Waals surface area contributed by atoms with Crippen LogP contribution in [0, 0.1) is 17.1 Å². The van der Waals surface area contributed by atoms with E-state index in [1.807, 2.05) is 6.07 Å². The van der Waals surface area contributed by atoms with Gasteiger partial charge in [-0.05, 0) is 17.7 Å². The number of hydrogen-bond donors (Lipinski definition) is 1. The van der Waals surface area contributed by atoms with Gasteiger partial charge in [0.2, 0.25) is 0 Å². The van der Waals surface area contributed by atoms with Gasteiger partial charge in [0.15, 0.2) is 11.6 Å². The number of hydrogen-bond acceptors (Lipinski definition) is 4. The van der Waals surface area contributed by atoms with Crippen LogP contribution in [-0.4, -0.2) is 38.2 Å². The molecular weight excluding hydrogens is 316 g/mol. The first-order valence-corrected chi connectivity index (χ1v) is 6.41. The number of benzene rings is 1. The van der Waals surface area contributed by atoms with E-state index >= 15 is 0 Å². The van der Waals surface area contributed by atoms with Crippen LogP contribution in [0.4, 0.5) is 4.39 Å². The first kappa shape index (κ1) is 19.9. The van der Waals surface area contributed by atoms with E-state index < -0.39 is 0 Å². The standard InChI is InChI=1S/C14H18FN3O.2ClH/c1-19-14-3-2-11(10-12(14)15)13(4-5-16)18-8-6-17-7-9-18;;/h2-3,10,13,17H,4,6-9H2,1H3;2*1H/t13-;;/m0../s1. The summed E-state index contributed by atoms with van der Waals surface area (Å²) in [5.74, 6) is -0.141. The molecule has 1 atom stereocenters. The summed E-state index contributed by atoms with van der Waals surface area (Å²) in [6.07, 6.45) is 0.367. The van der Waals surface area contributed by atoms with Gasteiger partial charge in [0, 0.05) is 32.2 Å². The number of nitriles is 1. The Hall–Kier alpha value is -1.06. The molecule has 0 spiro atoms. The molecule has 4 nitrogen and oxygen atoms in total. The summed E-state index contributed by atoms with van der Waals surface area (Å²) < 4.78 is 18.7. The maximum absolute atomic E-state index is 13.8. The lowest BCUT2D eigenvalue weighted by Crippen LogP contribution is -2.45. The SMILES string of the molecule is COc1ccc([C@H](CC#N)N2CCNCC2)cc1F.Cl.Cl. The summed E-state index contributed by atoms with van der Waals surface area (Å²) in [4.78, 5) is 2.22. The predicted octanol–water partition coefficient (Wildman–Crippen LogP) is 2.54. The maximum Gasteiger partial charge on any atom is 0.165 e. The molecule has 2 rings (SSSR count). The largest absolute Gasteiger partial charge is 0.494 e. The number of piperazine rings is 1. The molecule has 1 aromatic carbocycles. The fraction of sp³-hybridized carbons (Fsp3) is 0.500.